The minimum Gasteiger partial charge on any atom is -0.383 e. The fourth-order valence-corrected chi connectivity index (χ4v) is 4.14. The number of hydrogen-bond donors (Lipinski definition) is 1. The van der Waals surface area contributed by atoms with Crippen LogP contribution in [0.1, 0.15) is 35.7 Å². The molecule has 0 saturated carbocycles. The molecule has 0 aliphatic carbocycles. The van der Waals surface area contributed by atoms with Crippen molar-refractivity contribution in [2.24, 2.45) is 0 Å². The first-order valence-electron chi connectivity index (χ1n) is 10.3. The van der Waals surface area contributed by atoms with Gasteiger partial charge in [-0.3, -0.25) is 9.98 Å². The van der Waals surface area contributed by atoms with E-state index in [0.29, 0.717) is 17.4 Å². The Kier molecular flexibility index (Phi) is 6.20. The van der Waals surface area contributed by atoms with Gasteiger partial charge in [0.15, 0.2) is 5.65 Å². The number of aryl methyl sites for hydroxylation is 1. The third-order valence-electron chi connectivity index (χ3n) is 5.65. The Bertz CT molecular complexity index is 1230. The molecule has 0 aliphatic rings. The van der Waals surface area contributed by atoms with Gasteiger partial charge in [0, 0.05) is 19.5 Å². The van der Waals surface area contributed by atoms with E-state index in [0.717, 1.165) is 23.1 Å². The zero-order valence-corrected chi connectivity index (χ0v) is 18.7. The number of imidazole rings is 1. The van der Waals surface area contributed by atoms with Crippen LogP contribution in [0.4, 0.5) is 0 Å². The number of aromatic nitrogens is 4. The highest BCUT2D eigenvalue weighted by Crippen LogP contribution is 2.25. The molecule has 2 unspecified atom stereocenters. The molecule has 0 amide bonds. The van der Waals surface area contributed by atoms with Crippen molar-refractivity contribution in [2.45, 2.75) is 32.4 Å². The predicted octanol–water partition coefficient (Wildman–Crippen LogP) is 4.71. The molecule has 0 spiro atoms. The Hall–Kier alpha value is -2.96. The van der Waals surface area contributed by atoms with Crippen LogP contribution >= 0.6 is 11.6 Å². The molecule has 3 heterocycles. The van der Waals surface area contributed by atoms with E-state index in [-0.39, 0.29) is 12.1 Å². The fourth-order valence-electron chi connectivity index (χ4n) is 4.03. The molecule has 31 heavy (non-hydrogen) atoms. The Morgan fingerprint density at radius 1 is 1.06 bits per heavy atom. The number of hydrogen-bond acceptors (Lipinski definition) is 4. The van der Waals surface area contributed by atoms with Gasteiger partial charge in [-0.15, -0.1) is 0 Å². The van der Waals surface area contributed by atoms with Crippen LogP contribution in [0, 0.1) is 12.3 Å². The predicted molar refractivity (Wildman–Crippen MR) is 122 cm³/mol. The second kappa shape index (κ2) is 9.04. The second-order valence-corrected chi connectivity index (χ2v) is 8.19. The number of nitrogens with zero attached hydrogens (tertiary/aromatic N) is 4. The van der Waals surface area contributed by atoms with Crippen LogP contribution in [0.15, 0.2) is 60.9 Å². The Morgan fingerprint density at radius 3 is 2.52 bits per heavy atom. The summed E-state index contributed by atoms with van der Waals surface area (Å²) in [6.45, 7) is 4.62. The lowest BCUT2D eigenvalue weighted by Gasteiger charge is -2.19. The average molecular weight is 436 g/mol. The molecule has 160 valence electrons. The second-order valence-electron chi connectivity index (χ2n) is 7.80. The van der Waals surface area contributed by atoms with E-state index in [1.165, 1.54) is 11.1 Å². The van der Waals surface area contributed by atoms with Crippen LogP contribution in [0.25, 0.3) is 11.2 Å². The van der Waals surface area contributed by atoms with Gasteiger partial charge in [0.25, 0.3) is 0 Å². The van der Waals surface area contributed by atoms with Gasteiger partial charge in [0.1, 0.15) is 5.15 Å². The fraction of sp³-hybridized carbons (Fsp3) is 0.292. The number of pyridine rings is 2. The summed E-state index contributed by atoms with van der Waals surface area (Å²) in [4.78, 5) is 8.86. The molecule has 4 rings (SSSR count). The lowest BCUT2D eigenvalue weighted by Crippen LogP contribution is -2.32. The topological polar surface area (TPSA) is 68.7 Å². The minimum atomic E-state index is -0.104. The van der Waals surface area contributed by atoms with Gasteiger partial charge in [-0.05, 0) is 49.6 Å². The largest absolute Gasteiger partial charge is 0.383 e. The molecule has 0 saturated heterocycles. The quantitative estimate of drug-likeness (QED) is 0.427. The first kappa shape index (κ1) is 21.3. The number of benzene rings is 1. The van der Waals surface area contributed by atoms with Crippen molar-refractivity contribution in [2.75, 3.05) is 13.7 Å². The number of fused-ring (bicyclic) bond motifs is 1. The van der Waals surface area contributed by atoms with Crippen molar-refractivity contribution in [3.63, 3.8) is 0 Å². The van der Waals surface area contributed by atoms with Crippen LogP contribution in [0.2, 0.25) is 5.15 Å². The summed E-state index contributed by atoms with van der Waals surface area (Å²) in [6.07, 6.45) is 4.28. The molecular formula is C24H26ClN5O. The van der Waals surface area contributed by atoms with Crippen molar-refractivity contribution in [1.82, 2.24) is 19.1 Å². The molecule has 0 aliphatic heterocycles. The average Bonchev–Trinajstić information content (AvgIpc) is 3.06. The molecule has 0 fully saturated rings. The third kappa shape index (κ3) is 4.27. The van der Waals surface area contributed by atoms with Crippen LogP contribution in [0.5, 0.6) is 0 Å². The monoisotopic (exact) mass is 435 g/mol. The molecule has 2 atom stereocenters. The molecule has 7 heteroatoms. The standard InChI is InChI=1S/C24H26ClN5O/c1-16-6-8-18(9-7-16)13-20(15-31-3)30-23-21(5-4-12-27-23)29(24(30)26)17(2)19-10-11-22(25)28-14-19/h4-12,14,17,20,26H,13,15H2,1-3H3. The zero-order chi connectivity index (χ0) is 22.0. The van der Waals surface area contributed by atoms with Crippen molar-refractivity contribution in [3.05, 3.63) is 88.4 Å². The summed E-state index contributed by atoms with van der Waals surface area (Å²) in [5, 5.41) is 9.54. The normalized spacial score (nSPS) is 13.4. The van der Waals surface area contributed by atoms with E-state index in [4.69, 9.17) is 21.7 Å². The highest BCUT2D eigenvalue weighted by atomic mass is 35.5. The third-order valence-corrected chi connectivity index (χ3v) is 5.87. The Morgan fingerprint density at radius 2 is 1.84 bits per heavy atom. The summed E-state index contributed by atoms with van der Waals surface area (Å²) < 4.78 is 9.54. The summed E-state index contributed by atoms with van der Waals surface area (Å²) in [5.41, 5.74) is 5.46. The Labute approximate surface area is 186 Å². The molecule has 0 radical (unpaired) electrons. The maximum Gasteiger partial charge on any atom is 0.205 e. The molecule has 3 aromatic heterocycles. The minimum absolute atomic E-state index is 0.0607. The molecule has 6 nitrogen and oxygen atoms in total. The van der Waals surface area contributed by atoms with E-state index < -0.39 is 0 Å². The van der Waals surface area contributed by atoms with Gasteiger partial charge < -0.3 is 9.30 Å². The SMILES string of the molecule is COCC(Cc1ccc(C)cc1)n1c(=N)n(C(C)c2ccc(Cl)nc2)c2cccnc21. The van der Waals surface area contributed by atoms with E-state index in [9.17, 15) is 0 Å². The summed E-state index contributed by atoms with van der Waals surface area (Å²) >= 11 is 5.97. The van der Waals surface area contributed by atoms with Crippen molar-refractivity contribution >= 4 is 22.8 Å². The van der Waals surface area contributed by atoms with Crippen LogP contribution in [0.3, 0.4) is 0 Å². The highest BCUT2D eigenvalue weighted by molar-refractivity contribution is 6.29. The van der Waals surface area contributed by atoms with Crippen molar-refractivity contribution in [1.29, 1.82) is 5.41 Å². The number of ether oxygens (including phenoxy) is 1. The summed E-state index contributed by atoms with van der Waals surface area (Å²) in [6, 6.07) is 16.0. The lowest BCUT2D eigenvalue weighted by molar-refractivity contribution is 0.153. The van der Waals surface area contributed by atoms with Gasteiger partial charge in [0.05, 0.1) is 24.2 Å². The van der Waals surface area contributed by atoms with Gasteiger partial charge in [-0.1, -0.05) is 47.5 Å². The van der Waals surface area contributed by atoms with Crippen LogP contribution in [-0.2, 0) is 11.2 Å². The molecule has 1 N–H and O–H groups in total. The number of methoxy groups -OCH3 is 1. The van der Waals surface area contributed by atoms with E-state index in [1.54, 1.807) is 25.6 Å². The van der Waals surface area contributed by atoms with Gasteiger partial charge in [-0.25, -0.2) is 9.97 Å². The summed E-state index contributed by atoms with van der Waals surface area (Å²) in [7, 11) is 1.70. The van der Waals surface area contributed by atoms with E-state index in [2.05, 4.69) is 48.1 Å². The summed E-state index contributed by atoms with van der Waals surface area (Å²) in [5.74, 6) is 0. The molecular weight excluding hydrogens is 410 g/mol. The zero-order valence-electron chi connectivity index (χ0n) is 17.9. The molecule has 1 aromatic carbocycles. The maximum absolute atomic E-state index is 9.09. The van der Waals surface area contributed by atoms with Crippen molar-refractivity contribution in [3.8, 4) is 0 Å². The van der Waals surface area contributed by atoms with Gasteiger partial charge in [0.2, 0.25) is 5.62 Å². The maximum atomic E-state index is 9.09. The molecule has 4 aromatic rings. The number of rotatable bonds is 7. The van der Waals surface area contributed by atoms with E-state index in [1.807, 2.05) is 27.3 Å². The van der Waals surface area contributed by atoms with Crippen LogP contribution in [-0.4, -0.2) is 32.8 Å². The first-order chi connectivity index (χ1) is 15.0. The molecule has 0 bridgehead atoms. The smallest absolute Gasteiger partial charge is 0.205 e. The van der Waals surface area contributed by atoms with Gasteiger partial charge >= 0.3 is 0 Å². The van der Waals surface area contributed by atoms with Crippen LogP contribution < -0.4 is 5.62 Å². The lowest BCUT2D eigenvalue weighted by atomic mass is 10.0. The van der Waals surface area contributed by atoms with Gasteiger partial charge in [-0.2, -0.15) is 0 Å². The van der Waals surface area contributed by atoms with E-state index >= 15 is 0 Å². The number of halogens is 1. The number of nitrogens with one attached hydrogen (secondary N) is 1. The first-order valence-corrected chi connectivity index (χ1v) is 10.7. The van der Waals surface area contributed by atoms with Crippen molar-refractivity contribution < 1.29 is 4.74 Å². The Balaban J connectivity index is 1.83. The highest BCUT2D eigenvalue weighted by Gasteiger charge is 2.23.